The molecule has 1 atom stereocenters. The number of benzene rings is 2. The number of carbonyl (C=O) groups excluding carboxylic acids is 2. The van der Waals surface area contributed by atoms with Crippen LogP contribution >= 0.6 is 0 Å². The number of amides is 2. The van der Waals surface area contributed by atoms with Gasteiger partial charge in [0.05, 0.1) is 18.4 Å². The van der Waals surface area contributed by atoms with Gasteiger partial charge in [-0.3, -0.25) is 9.59 Å². The van der Waals surface area contributed by atoms with Crippen LogP contribution < -0.4 is 15.0 Å². The van der Waals surface area contributed by atoms with Gasteiger partial charge in [-0.2, -0.15) is 0 Å². The average Bonchev–Trinajstić information content (AvgIpc) is 2.77. The van der Waals surface area contributed by atoms with E-state index >= 15 is 0 Å². The molecular formula is C23H27N3O3. The van der Waals surface area contributed by atoms with Gasteiger partial charge in [0.1, 0.15) is 11.9 Å². The molecule has 0 aliphatic carbocycles. The summed E-state index contributed by atoms with van der Waals surface area (Å²) < 4.78 is 5.35. The Balaban J connectivity index is 1.57. The molecule has 2 amide bonds. The van der Waals surface area contributed by atoms with Crippen LogP contribution in [0.15, 0.2) is 42.5 Å². The first-order chi connectivity index (χ1) is 14.1. The van der Waals surface area contributed by atoms with Crippen LogP contribution in [0.3, 0.4) is 0 Å². The molecule has 29 heavy (non-hydrogen) atoms. The van der Waals surface area contributed by atoms with E-state index in [1.807, 2.05) is 35.2 Å². The summed E-state index contributed by atoms with van der Waals surface area (Å²) >= 11 is 0. The normalized spacial score (nSPS) is 18.1. The van der Waals surface area contributed by atoms with Crippen molar-refractivity contribution in [2.24, 2.45) is 0 Å². The van der Waals surface area contributed by atoms with Crippen molar-refractivity contribution in [2.45, 2.75) is 38.9 Å². The van der Waals surface area contributed by atoms with Crippen LogP contribution in [0, 0.1) is 0 Å². The van der Waals surface area contributed by atoms with Gasteiger partial charge in [0.25, 0.3) is 11.8 Å². The van der Waals surface area contributed by atoms with Crippen molar-refractivity contribution in [3.05, 3.63) is 59.2 Å². The van der Waals surface area contributed by atoms with Gasteiger partial charge in [0.2, 0.25) is 0 Å². The molecule has 2 aromatic rings. The van der Waals surface area contributed by atoms with Crippen molar-refractivity contribution in [3.8, 4) is 5.75 Å². The van der Waals surface area contributed by atoms with E-state index < -0.39 is 0 Å². The molecular weight excluding hydrogens is 366 g/mol. The highest BCUT2D eigenvalue weighted by Crippen LogP contribution is 2.35. The van der Waals surface area contributed by atoms with Crippen molar-refractivity contribution in [1.29, 1.82) is 0 Å². The lowest BCUT2D eigenvalue weighted by atomic mass is 9.97. The van der Waals surface area contributed by atoms with Gasteiger partial charge in [-0.15, -0.1) is 0 Å². The summed E-state index contributed by atoms with van der Waals surface area (Å²) in [4.78, 5) is 30.0. The van der Waals surface area contributed by atoms with Crippen LogP contribution in [0.2, 0.25) is 0 Å². The minimum absolute atomic E-state index is 0.0791. The lowest BCUT2D eigenvalue weighted by Crippen LogP contribution is -2.57. The van der Waals surface area contributed by atoms with E-state index in [1.54, 1.807) is 19.2 Å². The predicted octanol–water partition coefficient (Wildman–Crippen LogP) is 3.42. The zero-order chi connectivity index (χ0) is 20.4. The molecule has 2 aliphatic rings. The van der Waals surface area contributed by atoms with Gasteiger partial charge in [-0.05, 0) is 50.5 Å². The Labute approximate surface area is 171 Å². The smallest absolute Gasteiger partial charge is 0.257 e. The quantitative estimate of drug-likeness (QED) is 0.846. The number of nitrogens with zero attached hydrogens (tertiary/aromatic N) is 2. The summed E-state index contributed by atoms with van der Waals surface area (Å²) in [5, 5.41) is 2.96. The number of carbonyl (C=O) groups is 2. The third-order valence-electron chi connectivity index (χ3n) is 5.86. The zero-order valence-electron chi connectivity index (χ0n) is 17.0. The fourth-order valence-electron chi connectivity index (χ4n) is 4.39. The fraction of sp³-hybridized carbons (Fsp3) is 0.391. The summed E-state index contributed by atoms with van der Waals surface area (Å²) in [6.07, 6.45) is 3.25. The van der Waals surface area contributed by atoms with E-state index in [4.69, 9.17) is 4.74 Å². The van der Waals surface area contributed by atoms with Crippen LogP contribution in [0.25, 0.3) is 0 Å². The Morgan fingerprint density at radius 1 is 1.21 bits per heavy atom. The standard InChI is InChI=1S/C23H27N3O3/c1-3-25-19-14-16(22(27)24-15-17-8-4-5-9-20(17)29-2)11-12-18(19)23(28)26-13-7-6-10-21(25)26/h4-5,8-9,11-12,14,21H,3,6-7,10,13,15H2,1-2H3,(H,24,27). The van der Waals surface area contributed by atoms with Gasteiger partial charge in [0, 0.05) is 30.8 Å². The third-order valence-corrected chi connectivity index (χ3v) is 5.86. The zero-order valence-corrected chi connectivity index (χ0v) is 17.0. The van der Waals surface area contributed by atoms with Crippen LogP contribution in [0.1, 0.15) is 52.5 Å². The van der Waals surface area contributed by atoms with Gasteiger partial charge >= 0.3 is 0 Å². The predicted molar refractivity (Wildman–Crippen MR) is 112 cm³/mol. The molecule has 0 bridgehead atoms. The molecule has 0 saturated carbocycles. The van der Waals surface area contributed by atoms with Crippen molar-refractivity contribution >= 4 is 17.5 Å². The molecule has 6 nitrogen and oxygen atoms in total. The molecule has 0 aromatic heterocycles. The lowest BCUT2D eigenvalue weighted by molar-refractivity contribution is 0.0582. The van der Waals surface area contributed by atoms with Crippen LogP contribution in [0.5, 0.6) is 5.75 Å². The van der Waals surface area contributed by atoms with E-state index in [9.17, 15) is 9.59 Å². The molecule has 152 valence electrons. The number of rotatable bonds is 5. The Morgan fingerprint density at radius 2 is 2.03 bits per heavy atom. The minimum atomic E-state index is -0.159. The number of para-hydroxylation sites is 1. The summed E-state index contributed by atoms with van der Waals surface area (Å²) in [5.41, 5.74) is 3.04. The molecule has 1 saturated heterocycles. The van der Waals surface area contributed by atoms with Crippen LogP contribution in [-0.2, 0) is 6.54 Å². The van der Waals surface area contributed by atoms with E-state index in [0.717, 1.165) is 49.4 Å². The summed E-state index contributed by atoms with van der Waals surface area (Å²) in [5.74, 6) is 0.669. The molecule has 1 fully saturated rings. The molecule has 4 rings (SSSR count). The van der Waals surface area contributed by atoms with Crippen molar-refractivity contribution in [1.82, 2.24) is 10.2 Å². The summed E-state index contributed by atoms with van der Waals surface area (Å²) in [6, 6.07) is 13.0. The largest absolute Gasteiger partial charge is 0.496 e. The number of hydrogen-bond acceptors (Lipinski definition) is 4. The third kappa shape index (κ3) is 3.55. The van der Waals surface area contributed by atoms with E-state index in [2.05, 4.69) is 17.1 Å². The fourth-order valence-corrected chi connectivity index (χ4v) is 4.39. The molecule has 0 spiro atoms. The van der Waals surface area contributed by atoms with Crippen LogP contribution in [-0.4, -0.2) is 43.1 Å². The number of anilines is 1. The first-order valence-electron chi connectivity index (χ1n) is 10.3. The molecule has 2 heterocycles. The van der Waals surface area contributed by atoms with Crippen molar-refractivity contribution in [3.63, 3.8) is 0 Å². The maximum Gasteiger partial charge on any atom is 0.257 e. The van der Waals surface area contributed by atoms with Crippen molar-refractivity contribution in [2.75, 3.05) is 25.1 Å². The van der Waals surface area contributed by atoms with Gasteiger partial charge in [-0.1, -0.05) is 18.2 Å². The average molecular weight is 393 g/mol. The number of ether oxygens (including phenoxy) is 1. The summed E-state index contributed by atoms with van der Waals surface area (Å²) in [7, 11) is 1.62. The Morgan fingerprint density at radius 3 is 2.83 bits per heavy atom. The van der Waals surface area contributed by atoms with E-state index in [1.165, 1.54) is 0 Å². The Bertz CT molecular complexity index is 927. The maximum atomic E-state index is 13.0. The van der Waals surface area contributed by atoms with E-state index in [-0.39, 0.29) is 18.0 Å². The number of hydrogen-bond donors (Lipinski definition) is 1. The highest BCUT2D eigenvalue weighted by atomic mass is 16.5. The van der Waals surface area contributed by atoms with E-state index in [0.29, 0.717) is 17.7 Å². The monoisotopic (exact) mass is 393 g/mol. The molecule has 1 N–H and O–H groups in total. The molecule has 2 aliphatic heterocycles. The van der Waals surface area contributed by atoms with Crippen molar-refractivity contribution < 1.29 is 14.3 Å². The van der Waals surface area contributed by atoms with Gasteiger partial charge in [0.15, 0.2) is 0 Å². The Hall–Kier alpha value is -3.02. The van der Waals surface area contributed by atoms with Gasteiger partial charge < -0.3 is 19.9 Å². The Kier molecular flexibility index (Phi) is 5.43. The molecule has 0 radical (unpaired) electrons. The second-order valence-electron chi connectivity index (χ2n) is 7.49. The highest BCUT2D eigenvalue weighted by Gasteiger charge is 2.38. The lowest BCUT2D eigenvalue weighted by Gasteiger charge is -2.47. The summed E-state index contributed by atoms with van der Waals surface area (Å²) in [6.45, 7) is 4.09. The number of piperidine rings is 1. The number of fused-ring (bicyclic) bond motifs is 2. The van der Waals surface area contributed by atoms with Crippen LogP contribution in [0.4, 0.5) is 5.69 Å². The second-order valence-corrected chi connectivity index (χ2v) is 7.49. The molecule has 1 unspecified atom stereocenters. The highest BCUT2D eigenvalue weighted by molar-refractivity contribution is 6.04. The first-order valence-corrected chi connectivity index (χ1v) is 10.3. The number of nitrogens with one attached hydrogen (secondary N) is 1. The first kappa shape index (κ1) is 19.3. The molecule has 6 heteroatoms. The van der Waals surface area contributed by atoms with Gasteiger partial charge in [-0.25, -0.2) is 0 Å². The second kappa shape index (κ2) is 8.15. The topological polar surface area (TPSA) is 61.9 Å². The molecule has 2 aromatic carbocycles. The SMILES string of the molecule is CCN1c2cc(C(=O)NCc3ccccc3OC)ccc2C(=O)N2CCCCC21. The maximum absolute atomic E-state index is 13.0. The minimum Gasteiger partial charge on any atom is -0.496 e. The number of methoxy groups -OCH3 is 1.